The van der Waals surface area contributed by atoms with Crippen LogP contribution >= 0.6 is 9.90 Å². The van der Waals surface area contributed by atoms with Crippen molar-refractivity contribution in [3.8, 4) is 0 Å². The van der Waals surface area contributed by atoms with Crippen molar-refractivity contribution in [1.82, 2.24) is 0 Å². The van der Waals surface area contributed by atoms with E-state index in [-0.39, 0.29) is 68.8 Å². The van der Waals surface area contributed by atoms with Crippen LogP contribution < -0.4 is 0 Å². The zero-order valence-electron chi connectivity index (χ0n) is 1.76. The van der Waals surface area contributed by atoms with Gasteiger partial charge in [-0.05, 0) is 0 Å². The molecule has 0 nitrogen and oxygen atoms in total. The number of rotatable bonds is 0. The molecule has 0 saturated heterocycles. The van der Waals surface area contributed by atoms with E-state index in [1.807, 2.05) is 0 Å². The first-order chi connectivity index (χ1) is 0. The quantitative estimate of drug-likeness (QED) is 0.438. The molecule has 0 heterocycles. The van der Waals surface area contributed by atoms with E-state index in [1.54, 1.807) is 0 Å². The topological polar surface area (TPSA) is 0 Å². The normalized spacial score (nSPS) is 0. The van der Waals surface area contributed by atoms with Gasteiger partial charge in [-0.15, -0.1) is 0 Å². The van der Waals surface area contributed by atoms with Crippen LogP contribution in [0.1, 0.15) is 0 Å². The van der Waals surface area contributed by atoms with Gasteiger partial charge >= 0.3 is 0 Å². The Balaban J connectivity index is 0. The van der Waals surface area contributed by atoms with Crippen LogP contribution in [0.25, 0.3) is 0 Å². The first-order valence-corrected chi connectivity index (χ1v) is 0. The maximum absolute atomic E-state index is 0. The van der Waals surface area contributed by atoms with E-state index in [9.17, 15) is 0 Å². The van der Waals surface area contributed by atoms with Crippen molar-refractivity contribution in [2.45, 2.75) is 0 Å². The maximum Gasteiger partial charge on any atom is 0 e. The Kier molecular flexibility index (Phi) is 154. The van der Waals surface area contributed by atoms with Gasteiger partial charge in [0.05, 0.1) is 0 Å². The molecule has 0 rings (SSSR count). The summed E-state index contributed by atoms with van der Waals surface area (Å²) in [5.41, 5.74) is 0. The summed E-state index contributed by atoms with van der Waals surface area (Å²) in [6.07, 6.45) is 0. The summed E-state index contributed by atoms with van der Waals surface area (Å²) < 4.78 is 0. The Morgan fingerprint density at radius 2 is 1.00 bits per heavy atom. The van der Waals surface area contributed by atoms with E-state index in [1.165, 1.54) is 0 Å². The Bertz CT molecular complexity index is 8.00. The minimum absolute atomic E-state index is 0. The molecule has 1 unspecified atom stereocenters. The fourth-order valence-electron chi connectivity index (χ4n) is 0. The third kappa shape index (κ3) is 8.85. The Hall–Kier alpha value is 2.31. The third-order valence-corrected chi connectivity index (χ3v) is 0. The summed E-state index contributed by atoms with van der Waals surface area (Å²) >= 11 is 0. The minimum atomic E-state index is 0. The maximum atomic E-state index is 0. The molecule has 0 fully saturated rings. The molecule has 0 aliphatic rings. The molecule has 4 heavy (non-hydrogen) atoms. The Morgan fingerprint density at radius 3 is 1.00 bits per heavy atom. The molecule has 0 aliphatic heterocycles. The van der Waals surface area contributed by atoms with Gasteiger partial charge in [0.25, 0.3) is 0 Å². The molecule has 0 amide bonds. The van der Waals surface area contributed by atoms with E-state index in [2.05, 4.69) is 0 Å². The van der Waals surface area contributed by atoms with Crippen LogP contribution in [-0.4, -0.2) is 0 Å². The molecule has 33 valence electrons. The first kappa shape index (κ1) is 33.3. The van der Waals surface area contributed by atoms with Crippen molar-refractivity contribution in [3.05, 3.63) is 0 Å². The van der Waals surface area contributed by atoms with Crippen LogP contribution in [0, 0.1) is 0 Å². The summed E-state index contributed by atoms with van der Waals surface area (Å²) in [6.45, 7) is 0. The molecule has 0 aliphatic carbocycles. The molecule has 0 aromatic heterocycles. The van der Waals surface area contributed by atoms with E-state index in [0.29, 0.717) is 0 Å². The van der Waals surface area contributed by atoms with Gasteiger partial charge in [0.1, 0.15) is 0 Å². The molecule has 0 N–H and O–H groups in total. The van der Waals surface area contributed by atoms with Gasteiger partial charge in [0.2, 0.25) is 0 Å². The Labute approximate surface area is 68.2 Å². The van der Waals surface area contributed by atoms with Gasteiger partial charge < -0.3 is 0 Å². The summed E-state index contributed by atoms with van der Waals surface area (Å²) in [5, 5.41) is 0. The molecular formula is H3CoPPtW. The van der Waals surface area contributed by atoms with Crippen molar-refractivity contribution in [2.24, 2.45) is 0 Å². The number of hydrogen-bond donors (Lipinski definition) is 0. The number of hydrogen-bond acceptors (Lipinski definition) is 0. The van der Waals surface area contributed by atoms with Crippen LogP contribution in [0.2, 0.25) is 0 Å². The summed E-state index contributed by atoms with van der Waals surface area (Å²) in [6, 6.07) is 0. The van der Waals surface area contributed by atoms with E-state index in [0.717, 1.165) is 0 Å². The summed E-state index contributed by atoms with van der Waals surface area (Å²) in [4.78, 5) is 0. The molecule has 0 spiro atoms. The molecule has 0 bridgehead atoms. The van der Waals surface area contributed by atoms with Crippen LogP contribution in [0.5, 0.6) is 0 Å². The molecule has 4 heteroatoms. The Morgan fingerprint density at radius 1 is 1.00 bits per heavy atom. The predicted molar refractivity (Wildman–Crippen MR) is 11.1 cm³/mol. The fourth-order valence-corrected chi connectivity index (χ4v) is 0. The van der Waals surface area contributed by atoms with Crippen LogP contribution in [-0.2, 0) is 58.9 Å². The minimum Gasteiger partial charge on any atom is -0.153 e. The van der Waals surface area contributed by atoms with E-state index >= 15 is 0 Å². The van der Waals surface area contributed by atoms with Gasteiger partial charge in [-0.3, -0.25) is 0 Å². The van der Waals surface area contributed by atoms with E-state index < -0.39 is 0 Å². The summed E-state index contributed by atoms with van der Waals surface area (Å²) in [5.74, 6) is 0. The average molecular weight is 472 g/mol. The molecule has 0 aromatic rings. The van der Waals surface area contributed by atoms with Crippen molar-refractivity contribution in [3.63, 3.8) is 0 Å². The fraction of sp³-hybridized carbons (Fsp3) is 0. The van der Waals surface area contributed by atoms with Gasteiger partial charge in [0.15, 0.2) is 0 Å². The van der Waals surface area contributed by atoms with Crippen LogP contribution in [0.4, 0.5) is 0 Å². The second-order valence-electron chi connectivity index (χ2n) is 0. The molecule has 0 saturated carbocycles. The van der Waals surface area contributed by atoms with Crippen molar-refractivity contribution >= 4 is 9.90 Å². The van der Waals surface area contributed by atoms with E-state index in [4.69, 9.17) is 0 Å². The zero-order valence-corrected chi connectivity index (χ0v) is 9.43. The molecule has 1 radical (unpaired) electrons. The van der Waals surface area contributed by atoms with Crippen LogP contribution in [0.3, 0.4) is 0 Å². The largest absolute Gasteiger partial charge is 0.153 e. The average Bonchev–Trinajstić information content (AvgIpc) is 0. The second kappa shape index (κ2) is 18.5. The predicted octanol–water partition coefficient (Wildman–Crippen LogP) is 0.0506. The monoisotopic (exact) mass is 472 g/mol. The zero-order chi connectivity index (χ0) is 0. The third-order valence-electron chi connectivity index (χ3n) is 0. The second-order valence-corrected chi connectivity index (χ2v) is 0. The molecular weight excluding hydrogens is 469 g/mol. The van der Waals surface area contributed by atoms with Gasteiger partial charge in [-0.2, -0.15) is 9.90 Å². The van der Waals surface area contributed by atoms with Gasteiger partial charge in [0, 0.05) is 58.9 Å². The van der Waals surface area contributed by atoms with Crippen molar-refractivity contribution < 1.29 is 58.9 Å². The smallest absolute Gasteiger partial charge is 0 e. The molecule has 1 atom stereocenters. The standard InChI is InChI=1S/Co.H3P.Pt.W/h;1H3;;. The van der Waals surface area contributed by atoms with Crippen molar-refractivity contribution in [1.29, 1.82) is 0 Å². The SMILES string of the molecule is P.[Co].[Pt].[W]. The summed E-state index contributed by atoms with van der Waals surface area (Å²) in [7, 11) is 0. The first-order valence-electron chi connectivity index (χ1n) is 0. The van der Waals surface area contributed by atoms with Gasteiger partial charge in [-0.1, -0.05) is 0 Å². The van der Waals surface area contributed by atoms with Gasteiger partial charge in [-0.25, -0.2) is 0 Å². The van der Waals surface area contributed by atoms with Crippen LogP contribution in [0.15, 0.2) is 0 Å². The molecule has 0 aromatic carbocycles. The van der Waals surface area contributed by atoms with Crippen molar-refractivity contribution in [2.75, 3.05) is 0 Å².